The zero-order valence-electron chi connectivity index (χ0n) is 16.8. The average Bonchev–Trinajstić information content (AvgIpc) is 2.73. The molecule has 0 fully saturated rings. The van der Waals surface area contributed by atoms with Gasteiger partial charge in [0.25, 0.3) is 5.91 Å². The van der Waals surface area contributed by atoms with Gasteiger partial charge in [0.05, 0.1) is 0 Å². The van der Waals surface area contributed by atoms with E-state index in [1.807, 2.05) is 0 Å². The fourth-order valence-corrected chi connectivity index (χ4v) is 2.95. The standard InChI is InChI=1S/C19H37N7O2/c20-8-2-12-25(13-3-9-21)18(27)16-6-1-7-17(24-16)19(28)26(14-4-10-22)15-5-11-23/h1,6-7,16,24H,2-5,8-15,20-23H2. The summed E-state index contributed by atoms with van der Waals surface area (Å²) in [5.41, 5.74) is 22.8. The average molecular weight is 396 g/mol. The van der Waals surface area contributed by atoms with Crippen molar-refractivity contribution in [2.24, 2.45) is 22.9 Å². The summed E-state index contributed by atoms with van der Waals surface area (Å²) in [6.45, 7) is 4.34. The largest absolute Gasteiger partial charge is 0.366 e. The second kappa shape index (κ2) is 14.1. The van der Waals surface area contributed by atoms with E-state index in [0.717, 1.165) is 12.8 Å². The molecule has 0 aromatic carbocycles. The maximum absolute atomic E-state index is 12.9. The number of amides is 2. The number of carbonyl (C=O) groups is 2. The van der Waals surface area contributed by atoms with Crippen molar-refractivity contribution in [1.82, 2.24) is 15.1 Å². The topological polar surface area (TPSA) is 157 Å². The molecule has 1 aliphatic rings. The summed E-state index contributed by atoms with van der Waals surface area (Å²) >= 11 is 0. The molecular weight excluding hydrogens is 358 g/mol. The van der Waals surface area contributed by atoms with Gasteiger partial charge < -0.3 is 38.1 Å². The van der Waals surface area contributed by atoms with Gasteiger partial charge in [-0.15, -0.1) is 0 Å². The molecule has 1 atom stereocenters. The molecule has 1 unspecified atom stereocenters. The van der Waals surface area contributed by atoms with Crippen molar-refractivity contribution in [2.45, 2.75) is 31.7 Å². The molecule has 0 aromatic heterocycles. The van der Waals surface area contributed by atoms with Gasteiger partial charge >= 0.3 is 0 Å². The number of hydrogen-bond acceptors (Lipinski definition) is 7. The van der Waals surface area contributed by atoms with Gasteiger partial charge in [0.1, 0.15) is 11.7 Å². The second-order valence-corrected chi connectivity index (χ2v) is 6.77. The van der Waals surface area contributed by atoms with Crippen molar-refractivity contribution in [3.8, 4) is 0 Å². The summed E-state index contributed by atoms with van der Waals surface area (Å²) in [6.07, 6.45) is 8.09. The van der Waals surface area contributed by atoms with Crippen LogP contribution in [0.2, 0.25) is 0 Å². The Kier molecular flexibility index (Phi) is 12.1. The van der Waals surface area contributed by atoms with Crippen LogP contribution in [-0.2, 0) is 9.59 Å². The number of rotatable bonds is 14. The minimum absolute atomic E-state index is 0.0768. The highest BCUT2D eigenvalue weighted by Gasteiger charge is 2.27. The van der Waals surface area contributed by atoms with Crippen molar-refractivity contribution in [3.63, 3.8) is 0 Å². The van der Waals surface area contributed by atoms with Gasteiger partial charge in [-0.25, -0.2) is 0 Å². The first-order valence-corrected chi connectivity index (χ1v) is 10.1. The molecule has 0 saturated carbocycles. The second-order valence-electron chi connectivity index (χ2n) is 6.77. The van der Waals surface area contributed by atoms with Crippen LogP contribution in [0.1, 0.15) is 25.7 Å². The smallest absolute Gasteiger partial charge is 0.269 e. The fourth-order valence-electron chi connectivity index (χ4n) is 2.95. The monoisotopic (exact) mass is 395 g/mol. The molecule has 2 amide bonds. The third-order valence-electron chi connectivity index (χ3n) is 4.50. The molecule has 0 aromatic rings. The summed E-state index contributed by atoms with van der Waals surface area (Å²) in [6, 6.07) is -0.578. The predicted octanol–water partition coefficient (Wildman–Crippen LogP) is -1.55. The fraction of sp³-hybridized carbons (Fsp3) is 0.684. The summed E-state index contributed by atoms with van der Waals surface area (Å²) < 4.78 is 0. The molecule has 9 heteroatoms. The van der Waals surface area contributed by atoms with E-state index in [1.54, 1.807) is 28.0 Å². The Bertz CT molecular complexity index is 520. The van der Waals surface area contributed by atoms with E-state index in [9.17, 15) is 9.59 Å². The third kappa shape index (κ3) is 7.97. The molecule has 0 spiro atoms. The molecule has 9 nitrogen and oxygen atoms in total. The SMILES string of the molecule is NCCCN(CCCN)C(=O)C1=CC=CC(C(=O)N(CCCN)CCCN)N1. The zero-order valence-corrected chi connectivity index (χ0v) is 16.8. The van der Waals surface area contributed by atoms with E-state index in [4.69, 9.17) is 22.9 Å². The van der Waals surface area contributed by atoms with E-state index >= 15 is 0 Å². The van der Waals surface area contributed by atoms with E-state index in [-0.39, 0.29) is 11.8 Å². The van der Waals surface area contributed by atoms with E-state index in [0.29, 0.717) is 70.9 Å². The number of dihydropyridines is 1. The molecule has 0 saturated heterocycles. The van der Waals surface area contributed by atoms with Crippen molar-refractivity contribution < 1.29 is 9.59 Å². The number of carbonyl (C=O) groups excluding carboxylic acids is 2. The Hall–Kier alpha value is -1.94. The quantitative estimate of drug-likeness (QED) is 0.238. The Balaban J connectivity index is 2.78. The van der Waals surface area contributed by atoms with Gasteiger partial charge in [0.15, 0.2) is 0 Å². The first-order valence-electron chi connectivity index (χ1n) is 10.1. The normalized spacial score (nSPS) is 15.7. The van der Waals surface area contributed by atoms with Crippen molar-refractivity contribution in [1.29, 1.82) is 0 Å². The molecule has 0 aliphatic carbocycles. The summed E-state index contributed by atoms with van der Waals surface area (Å²) in [5, 5.41) is 3.09. The Morgan fingerprint density at radius 3 is 1.75 bits per heavy atom. The van der Waals surface area contributed by atoms with Gasteiger partial charge in [0, 0.05) is 26.2 Å². The minimum atomic E-state index is -0.578. The van der Waals surface area contributed by atoms with Crippen LogP contribution in [0.5, 0.6) is 0 Å². The Labute approximate surface area is 168 Å². The Morgan fingerprint density at radius 1 is 0.821 bits per heavy atom. The van der Waals surface area contributed by atoms with Gasteiger partial charge in [0.2, 0.25) is 5.91 Å². The molecule has 0 bridgehead atoms. The Morgan fingerprint density at radius 2 is 1.29 bits per heavy atom. The molecule has 1 heterocycles. The van der Waals surface area contributed by atoms with Crippen LogP contribution in [0.15, 0.2) is 23.9 Å². The lowest BCUT2D eigenvalue weighted by atomic mass is 10.1. The van der Waals surface area contributed by atoms with Crippen LogP contribution < -0.4 is 28.3 Å². The lowest BCUT2D eigenvalue weighted by Crippen LogP contribution is -2.49. The summed E-state index contributed by atoms with van der Waals surface area (Å²) in [7, 11) is 0. The predicted molar refractivity (Wildman–Crippen MR) is 112 cm³/mol. The highest BCUT2D eigenvalue weighted by molar-refractivity contribution is 5.95. The van der Waals surface area contributed by atoms with Gasteiger partial charge in [-0.2, -0.15) is 0 Å². The first kappa shape index (κ1) is 24.1. The van der Waals surface area contributed by atoms with E-state index in [2.05, 4.69) is 5.32 Å². The van der Waals surface area contributed by atoms with E-state index in [1.165, 1.54) is 0 Å². The summed E-state index contributed by atoms with van der Waals surface area (Å²) in [5.74, 6) is -0.216. The van der Waals surface area contributed by atoms with Gasteiger partial charge in [-0.05, 0) is 57.9 Å². The third-order valence-corrected chi connectivity index (χ3v) is 4.50. The van der Waals surface area contributed by atoms with Crippen molar-refractivity contribution >= 4 is 11.8 Å². The van der Waals surface area contributed by atoms with Crippen LogP contribution >= 0.6 is 0 Å². The summed E-state index contributed by atoms with van der Waals surface area (Å²) in [4.78, 5) is 29.3. The van der Waals surface area contributed by atoms with Gasteiger partial charge in [-0.3, -0.25) is 9.59 Å². The van der Waals surface area contributed by atoms with E-state index < -0.39 is 6.04 Å². The highest BCUT2D eigenvalue weighted by atomic mass is 16.2. The van der Waals surface area contributed by atoms with Crippen LogP contribution in [0.3, 0.4) is 0 Å². The molecular formula is C19H37N7O2. The van der Waals surface area contributed by atoms with Crippen LogP contribution in [0.4, 0.5) is 0 Å². The number of nitrogens with two attached hydrogens (primary N) is 4. The number of hydrogen-bond donors (Lipinski definition) is 5. The van der Waals surface area contributed by atoms with Crippen molar-refractivity contribution in [2.75, 3.05) is 52.4 Å². The lowest BCUT2D eigenvalue weighted by molar-refractivity contribution is -0.132. The molecule has 160 valence electrons. The first-order chi connectivity index (χ1) is 13.6. The molecule has 0 radical (unpaired) electrons. The molecule has 9 N–H and O–H groups in total. The molecule has 1 rings (SSSR count). The minimum Gasteiger partial charge on any atom is -0.366 e. The van der Waals surface area contributed by atoms with Crippen LogP contribution in [0.25, 0.3) is 0 Å². The maximum atomic E-state index is 12.9. The molecule has 28 heavy (non-hydrogen) atoms. The van der Waals surface area contributed by atoms with Crippen LogP contribution in [0, 0.1) is 0 Å². The molecule has 1 aliphatic heterocycles. The van der Waals surface area contributed by atoms with Crippen molar-refractivity contribution in [3.05, 3.63) is 23.9 Å². The van der Waals surface area contributed by atoms with Crippen LogP contribution in [-0.4, -0.2) is 80.0 Å². The zero-order chi connectivity index (χ0) is 20.8. The highest BCUT2D eigenvalue weighted by Crippen LogP contribution is 2.11. The van der Waals surface area contributed by atoms with Gasteiger partial charge in [-0.1, -0.05) is 12.2 Å². The maximum Gasteiger partial charge on any atom is 0.269 e. The number of allylic oxidation sites excluding steroid dienone is 2. The number of nitrogens with zero attached hydrogens (tertiary/aromatic N) is 2. The number of nitrogens with one attached hydrogen (secondary N) is 1. The lowest BCUT2D eigenvalue weighted by Gasteiger charge is -2.30.